The Kier molecular flexibility index (Phi) is 4.86. The highest BCUT2D eigenvalue weighted by molar-refractivity contribution is 6.32. The fourth-order valence-electron chi connectivity index (χ4n) is 2.08. The summed E-state index contributed by atoms with van der Waals surface area (Å²) >= 11 is 12.0. The van der Waals surface area contributed by atoms with Crippen LogP contribution in [0.15, 0.2) is 36.4 Å². The molecule has 0 aromatic heterocycles. The van der Waals surface area contributed by atoms with Gasteiger partial charge >= 0.3 is 0 Å². The average molecular weight is 314 g/mol. The molecular weight excluding hydrogens is 300 g/mol. The number of halogens is 3. The van der Waals surface area contributed by atoms with Gasteiger partial charge in [0.05, 0.1) is 23.2 Å². The van der Waals surface area contributed by atoms with E-state index < -0.39 is 5.82 Å². The molecule has 0 spiro atoms. The van der Waals surface area contributed by atoms with E-state index >= 15 is 0 Å². The van der Waals surface area contributed by atoms with Gasteiger partial charge in [-0.3, -0.25) is 0 Å². The highest BCUT2D eigenvalue weighted by Gasteiger charge is 2.15. The largest absolute Gasteiger partial charge is 0.495 e. The molecule has 1 N–H and O–H groups in total. The van der Waals surface area contributed by atoms with Crippen LogP contribution in [0, 0.1) is 5.82 Å². The van der Waals surface area contributed by atoms with Gasteiger partial charge in [-0.2, -0.15) is 0 Å². The first-order chi connectivity index (χ1) is 9.56. The summed E-state index contributed by atoms with van der Waals surface area (Å²) in [6.45, 7) is 0. The van der Waals surface area contributed by atoms with E-state index in [1.54, 1.807) is 25.3 Å². The number of nitrogens with one attached hydrogen (secondary N) is 1. The van der Waals surface area contributed by atoms with E-state index in [1.807, 2.05) is 19.2 Å². The SMILES string of the molecule is CNC(c1ccc(F)c(Cl)c1)c1ccc(OC)c(Cl)c1. The molecule has 0 fully saturated rings. The minimum absolute atomic E-state index is 0.0994. The molecule has 20 heavy (non-hydrogen) atoms. The highest BCUT2D eigenvalue weighted by Crippen LogP contribution is 2.31. The molecule has 0 saturated carbocycles. The van der Waals surface area contributed by atoms with E-state index in [9.17, 15) is 4.39 Å². The number of hydrogen-bond donors (Lipinski definition) is 1. The van der Waals surface area contributed by atoms with Crippen LogP contribution in [0.25, 0.3) is 0 Å². The second-order valence-electron chi connectivity index (χ2n) is 4.29. The Morgan fingerprint density at radius 2 is 1.65 bits per heavy atom. The molecule has 0 heterocycles. The van der Waals surface area contributed by atoms with Crippen molar-refractivity contribution in [3.8, 4) is 5.75 Å². The predicted molar refractivity (Wildman–Crippen MR) is 80.3 cm³/mol. The van der Waals surface area contributed by atoms with Gasteiger partial charge in [0.25, 0.3) is 0 Å². The quantitative estimate of drug-likeness (QED) is 0.900. The van der Waals surface area contributed by atoms with Crippen LogP contribution >= 0.6 is 23.2 Å². The number of ether oxygens (including phenoxy) is 1. The molecular formula is C15H14Cl2FNO. The van der Waals surface area contributed by atoms with Crippen LogP contribution in [-0.4, -0.2) is 14.2 Å². The third kappa shape index (κ3) is 3.06. The van der Waals surface area contributed by atoms with Crippen molar-refractivity contribution >= 4 is 23.2 Å². The van der Waals surface area contributed by atoms with Crippen molar-refractivity contribution in [2.24, 2.45) is 0 Å². The third-order valence-electron chi connectivity index (χ3n) is 3.07. The average Bonchev–Trinajstić information content (AvgIpc) is 2.44. The molecule has 0 radical (unpaired) electrons. The van der Waals surface area contributed by atoms with Gasteiger partial charge in [0.15, 0.2) is 0 Å². The minimum atomic E-state index is -0.432. The fraction of sp³-hybridized carbons (Fsp3) is 0.200. The zero-order valence-electron chi connectivity index (χ0n) is 11.1. The van der Waals surface area contributed by atoms with E-state index in [4.69, 9.17) is 27.9 Å². The summed E-state index contributed by atoms with van der Waals surface area (Å²) in [6.07, 6.45) is 0. The van der Waals surface area contributed by atoms with Crippen molar-refractivity contribution in [1.82, 2.24) is 5.32 Å². The molecule has 5 heteroatoms. The third-order valence-corrected chi connectivity index (χ3v) is 3.66. The Labute approximate surface area is 127 Å². The summed E-state index contributed by atoms with van der Waals surface area (Å²) in [4.78, 5) is 0. The smallest absolute Gasteiger partial charge is 0.141 e. The summed E-state index contributed by atoms with van der Waals surface area (Å²) in [7, 11) is 3.39. The second-order valence-corrected chi connectivity index (χ2v) is 5.10. The lowest BCUT2D eigenvalue weighted by Crippen LogP contribution is -2.17. The lowest BCUT2D eigenvalue weighted by Gasteiger charge is -2.18. The van der Waals surface area contributed by atoms with Crippen molar-refractivity contribution in [2.45, 2.75) is 6.04 Å². The molecule has 106 valence electrons. The maximum atomic E-state index is 13.2. The van der Waals surface area contributed by atoms with Gasteiger partial charge in [-0.05, 0) is 42.4 Å². The molecule has 2 nitrogen and oxygen atoms in total. The van der Waals surface area contributed by atoms with Gasteiger partial charge in [-0.1, -0.05) is 35.3 Å². The van der Waals surface area contributed by atoms with E-state index in [0.29, 0.717) is 10.8 Å². The minimum Gasteiger partial charge on any atom is -0.495 e. The van der Waals surface area contributed by atoms with Crippen LogP contribution < -0.4 is 10.1 Å². The van der Waals surface area contributed by atoms with Crippen molar-refractivity contribution in [1.29, 1.82) is 0 Å². The number of methoxy groups -OCH3 is 1. The predicted octanol–water partition coefficient (Wildman–Crippen LogP) is 4.45. The van der Waals surface area contributed by atoms with E-state index in [-0.39, 0.29) is 11.1 Å². The summed E-state index contributed by atoms with van der Waals surface area (Å²) in [5, 5.41) is 3.79. The first kappa shape index (κ1) is 15.1. The monoisotopic (exact) mass is 313 g/mol. The van der Waals surface area contributed by atoms with Gasteiger partial charge in [0, 0.05) is 0 Å². The summed E-state index contributed by atoms with van der Waals surface area (Å²) < 4.78 is 18.4. The van der Waals surface area contributed by atoms with Gasteiger partial charge < -0.3 is 10.1 Å². The molecule has 0 aliphatic carbocycles. The highest BCUT2D eigenvalue weighted by atomic mass is 35.5. The Balaban J connectivity index is 2.41. The van der Waals surface area contributed by atoms with Crippen molar-refractivity contribution < 1.29 is 9.13 Å². The van der Waals surface area contributed by atoms with Crippen LogP contribution in [0.2, 0.25) is 10.0 Å². The fourth-order valence-corrected chi connectivity index (χ4v) is 2.54. The molecule has 0 aliphatic heterocycles. The number of rotatable bonds is 4. The molecule has 0 saturated heterocycles. The zero-order chi connectivity index (χ0) is 14.7. The Bertz CT molecular complexity index is 619. The van der Waals surface area contributed by atoms with Crippen LogP contribution in [0.4, 0.5) is 4.39 Å². The molecule has 0 aliphatic rings. The standard InChI is InChI=1S/C15H14Cl2FNO/c1-19-15(9-3-5-13(18)11(16)7-9)10-4-6-14(20-2)12(17)8-10/h3-8,15,19H,1-2H3. The van der Waals surface area contributed by atoms with Gasteiger partial charge in [-0.25, -0.2) is 4.39 Å². The Morgan fingerprint density at radius 3 is 2.15 bits per heavy atom. The molecule has 2 aromatic rings. The van der Waals surface area contributed by atoms with Gasteiger partial charge in [-0.15, -0.1) is 0 Å². The molecule has 0 amide bonds. The van der Waals surface area contributed by atoms with Crippen molar-refractivity contribution in [2.75, 3.05) is 14.2 Å². The van der Waals surface area contributed by atoms with Crippen LogP contribution in [-0.2, 0) is 0 Å². The second kappa shape index (κ2) is 6.44. The van der Waals surface area contributed by atoms with E-state index in [2.05, 4.69) is 5.32 Å². The van der Waals surface area contributed by atoms with Gasteiger partial charge in [0.2, 0.25) is 0 Å². The summed E-state index contributed by atoms with van der Waals surface area (Å²) in [5.74, 6) is 0.181. The zero-order valence-corrected chi connectivity index (χ0v) is 12.6. The Morgan fingerprint density at radius 1 is 1.05 bits per heavy atom. The van der Waals surface area contributed by atoms with Crippen molar-refractivity contribution in [3.05, 3.63) is 63.4 Å². The van der Waals surface area contributed by atoms with Crippen LogP contribution in [0.1, 0.15) is 17.2 Å². The van der Waals surface area contributed by atoms with E-state index in [1.165, 1.54) is 6.07 Å². The maximum Gasteiger partial charge on any atom is 0.141 e. The van der Waals surface area contributed by atoms with Crippen molar-refractivity contribution in [3.63, 3.8) is 0 Å². The molecule has 1 atom stereocenters. The number of hydrogen-bond acceptors (Lipinski definition) is 2. The normalized spacial score (nSPS) is 12.2. The first-order valence-corrected chi connectivity index (χ1v) is 6.78. The molecule has 2 rings (SSSR count). The van der Waals surface area contributed by atoms with Crippen LogP contribution in [0.5, 0.6) is 5.75 Å². The summed E-state index contributed by atoms with van der Waals surface area (Å²) in [5.41, 5.74) is 1.81. The molecule has 0 bridgehead atoms. The molecule has 1 unspecified atom stereocenters. The van der Waals surface area contributed by atoms with Crippen LogP contribution in [0.3, 0.4) is 0 Å². The first-order valence-electron chi connectivity index (χ1n) is 6.02. The number of benzene rings is 2. The van der Waals surface area contributed by atoms with E-state index in [0.717, 1.165) is 11.1 Å². The maximum absolute atomic E-state index is 13.2. The topological polar surface area (TPSA) is 21.3 Å². The van der Waals surface area contributed by atoms with Gasteiger partial charge in [0.1, 0.15) is 11.6 Å². The molecule has 2 aromatic carbocycles. The summed E-state index contributed by atoms with van der Waals surface area (Å²) in [6, 6.07) is 10.1. The lowest BCUT2D eigenvalue weighted by molar-refractivity contribution is 0.414. The Hall–Kier alpha value is -1.29. The lowest BCUT2D eigenvalue weighted by atomic mass is 9.98.